The fraction of sp³-hybridized carbons (Fsp3) is 0.391. The average Bonchev–Trinajstić information content (AvgIpc) is 3.04. The van der Waals surface area contributed by atoms with Crippen LogP contribution >= 0.6 is 0 Å². The maximum absolute atomic E-state index is 12.9. The quantitative estimate of drug-likeness (QED) is 0.766. The molecule has 2 amide bonds. The summed E-state index contributed by atoms with van der Waals surface area (Å²) in [6.07, 6.45) is 2.43. The molecule has 154 valence electrons. The normalized spacial score (nSPS) is 17.3. The van der Waals surface area contributed by atoms with Crippen molar-refractivity contribution >= 4 is 23.2 Å². The number of amides is 2. The number of anilines is 2. The van der Waals surface area contributed by atoms with Crippen LogP contribution in [0, 0.1) is 5.92 Å². The molecule has 2 aliphatic rings. The Kier molecular flexibility index (Phi) is 7.78. The number of rotatable bonds is 5. The third-order valence-electron chi connectivity index (χ3n) is 5.02. The van der Waals surface area contributed by atoms with Crippen LogP contribution < -0.4 is 20.7 Å². The average molecular weight is 395 g/mol. The highest BCUT2D eigenvalue weighted by Crippen LogP contribution is 2.33. The minimum Gasteiger partial charge on any atom is -0.314 e. The number of nitrogens with one attached hydrogen (secondary N) is 2. The van der Waals surface area contributed by atoms with Gasteiger partial charge in [0.15, 0.2) is 0 Å². The van der Waals surface area contributed by atoms with E-state index in [4.69, 9.17) is 0 Å². The molecule has 0 aromatic heterocycles. The molecule has 2 aliphatic heterocycles. The molecule has 2 aromatic carbocycles. The van der Waals surface area contributed by atoms with Crippen molar-refractivity contribution < 1.29 is 9.59 Å². The number of nitrogens with zero attached hydrogens (tertiary/aromatic N) is 2. The highest BCUT2D eigenvalue weighted by atomic mass is 16.2. The summed E-state index contributed by atoms with van der Waals surface area (Å²) in [4.78, 5) is 25.7. The van der Waals surface area contributed by atoms with Crippen LogP contribution in [0.3, 0.4) is 0 Å². The zero-order valence-electron chi connectivity index (χ0n) is 17.0. The molecular weight excluding hydrogens is 364 g/mol. The summed E-state index contributed by atoms with van der Waals surface area (Å²) < 4.78 is 0. The van der Waals surface area contributed by atoms with Crippen molar-refractivity contribution in [3.8, 4) is 0 Å². The Morgan fingerprint density at radius 2 is 1.17 bits per heavy atom. The molecule has 0 spiro atoms. The molecule has 6 nitrogen and oxygen atoms in total. The molecule has 2 saturated heterocycles. The van der Waals surface area contributed by atoms with Gasteiger partial charge in [0.1, 0.15) is 5.92 Å². The summed E-state index contributed by atoms with van der Waals surface area (Å²) in [5.41, 5.74) is 1.43. The van der Waals surface area contributed by atoms with Crippen molar-refractivity contribution in [2.24, 2.45) is 5.92 Å². The SMILES string of the molecule is C1CNCCN1.CCCCC1C(=O)N(c2ccccc2)N(c2ccccc2)C1=O. The van der Waals surface area contributed by atoms with E-state index in [1.807, 2.05) is 60.7 Å². The maximum Gasteiger partial charge on any atom is 0.258 e. The molecule has 2 N–H and O–H groups in total. The van der Waals surface area contributed by atoms with Gasteiger partial charge in [-0.25, -0.2) is 10.0 Å². The minimum absolute atomic E-state index is 0.140. The second-order valence-electron chi connectivity index (χ2n) is 7.17. The number of carbonyl (C=O) groups is 2. The van der Waals surface area contributed by atoms with Crippen LogP contribution in [0.1, 0.15) is 26.2 Å². The Balaban J connectivity index is 0.000000343. The van der Waals surface area contributed by atoms with Gasteiger partial charge in [0.2, 0.25) is 0 Å². The van der Waals surface area contributed by atoms with Gasteiger partial charge in [-0.2, -0.15) is 0 Å². The first-order valence-electron chi connectivity index (χ1n) is 10.4. The second-order valence-corrected chi connectivity index (χ2v) is 7.17. The van der Waals surface area contributed by atoms with Gasteiger partial charge < -0.3 is 10.6 Å². The Morgan fingerprint density at radius 1 is 0.759 bits per heavy atom. The third-order valence-corrected chi connectivity index (χ3v) is 5.02. The predicted octanol–water partition coefficient (Wildman–Crippen LogP) is 2.97. The van der Waals surface area contributed by atoms with Gasteiger partial charge in [-0.15, -0.1) is 0 Å². The number of hydrogen-bond acceptors (Lipinski definition) is 4. The second kappa shape index (κ2) is 10.7. The summed E-state index contributed by atoms with van der Waals surface area (Å²) in [6, 6.07) is 18.7. The van der Waals surface area contributed by atoms with Gasteiger partial charge in [-0.1, -0.05) is 56.2 Å². The first kappa shape index (κ1) is 21.0. The lowest BCUT2D eigenvalue weighted by Crippen LogP contribution is -2.41. The number of carbonyl (C=O) groups excluding carboxylic acids is 2. The van der Waals surface area contributed by atoms with E-state index in [1.54, 1.807) is 0 Å². The number of piperazine rings is 1. The van der Waals surface area contributed by atoms with Crippen molar-refractivity contribution in [3.63, 3.8) is 0 Å². The van der Waals surface area contributed by atoms with E-state index in [0.29, 0.717) is 17.8 Å². The van der Waals surface area contributed by atoms with Gasteiger partial charge in [0, 0.05) is 26.2 Å². The molecular formula is C23H30N4O2. The standard InChI is InChI=1S/C19H20N2O2.C4H10N2/c1-2-3-14-17-18(22)20(15-10-6-4-7-11-15)21(19(17)23)16-12-8-5-9-13-16;1-2-6-4-3-5-1/h4-13,17H,2-3,14H2,1H3;5-6H,1-4H2. The Morgan fingerprint density at radius 3 is 1.52 bits per heavy atom. The lowest BCUT2D eigenvalue weighted by atomic mass is 10.0. The molecule has 6 heteroatoms. The predicted molar refractivity (Wildman–Crippen MR) is 117 cm³/mol. The lowest BCUT2D eigenvalue weighted by Gasteiger charge is -2.27. The van der Waals surface area contributed by atoms with Crippen molar-refractivity contribution in [2.75, 3.05) is 36.2 Å². The number of hydrazine groups is 1. The van der Waals surface area contributed by atoms with Crippen LogP contribution in [-0.4, -0.2) is 38.0 Å². The van der Waals surface area contributed by atoms with Crippen LogP contribution in [0.25, 0.3) is 0 Å². The first-order valence-corrected chi connectivity index (χ1v) is 10.4. The van der Waals surface area contributed by atoms with Gasteiger partial charge in [0.25, 0.3) is 11.8 Å². The van der Waals surface area contributed by atoms with Crippen molar-refractivity contribution in [3.05, 3.63) is 60.7 Å². The van der Waals surface area contributed by atoms with E-state index in [9.17, 15) is 9.59 Å². The number of para-hydroxylation sites is 2. The molecule has 2 heterocycles. The molecule has 4 rings (SSSR count). The van der Waals surface area contributed by atoms with E-state index >= 15 is 0 Å². The summed E-state index contributed by atoms with van der Waals surface area (Å²) in [7, 11) is 0. The zero-order valence-corrected chi connectivity index (χ0v) is 17.0. The highest BCUT2D eigenvalue weighted by Gasteiger charge is 2.46. The molecule has 29 heavy (non-hydrogen) atoms. The van der Waals surface area contributed by atoms with Crippen LogP contribution in [-0.2, 0) is 9.59 Å². The van der Waals surface area contributed by atoms with Crippen LogP contribution in [0.4, 0.5) is 11.4 Å². The highest BCUT2D eigenvalue weighted by molar-refractivity contribution is 6.22. The van der Waals surface area contributed by atoms with Crippen LogP contribution in [0.2, 0.25) is 0 Å². The fourth-order valence-electron chi connectivity index (χ4n) is 3.48. The topological polar surface area (TPSA) is 64.7 Å². The number of benzene rings is 2. The Hall–Kier alpha value is -2.70. The van der Waals surface area contributed by atoms with Gasteiger partial charge in [-0.05, 0) is 30.7 Å². The van der Waals surface area contributed by atoms with E-state index in [0.717, 1.165) is 39.0 Å². The molecule has 0 bridgehead atoms. The number of hydrogen-bond donors (Lipinski definition) is 2. The first-order chi connectivity index (χ1) is 14.2. The molecule has 2 aromatic rings. The van der Waals surface area contributed by atoms with Crippen LogP contribution in [0.5, 0.6) is 0 Å². The molecule has 0 unspecified atom stereocenters. The molecule has 2 fully saturated rings. The van der Waals surface area contributed by atoms with Crippen molar-refractivity contribution in [1.82, 2.24) is 10.6 Å². The van der Waals surface area contributed by atoms with E-state index in [-0.39, 0.29) is 11.8 Å². The zero-order chi connectivity index (χ0) is 20.5. The van der Waals surface area contributed by atoms with Gasteiger partial charge in [-0.3, -0.25) is 9.59 Å². The molecule has 0 aliphatic carbocycles. The van der Waals surface area contributed by atoms with E-state index in [1.165, 1.54) is 10.0 Å². The summed E-state index contributed by atoms with van der Waals surface area (Å²) in [5.74, 6) is -0.868. The number of unbranched alkanes of at least 4 members (excludes halogenated alkanes) is 1. The summed E-state index contributed by atoms with van der Waals surface area (Å²) >= 11 is 0. The maximum atomic E-state index is 12.9. The summed E-state index contributed by atoms with van der Waals surface area (Å²) in [5, 5.41) is 9.47. The summed E-state index contributed by atoms with van der Waals surface area (Å²) in [6.45, 7) is 6.62. The molecule has 0 radical (unpaired) electrons. The van der Waals surface area contributed by atoms with E-state index < -0.39 is 5.92 Å². The monoisotopic (exact) mass is 394 g/mol. The minimum atomic E-state index is -0.588. The van der Waals surface area contributed by atoms with Gasteiger partial charge >= 0.3 is 0 Å². The largest absolute Gasteiger partial charge is 0.314 e. The Labute approximate surface area is 172 Å². The van der Waals surface area contributed by atoms with E-state index in [2.05, 4.69) is 17.6 Å². The lowest BCUT2D eigenvalue weighted by molar-refractivity contribution is -0.127. The molecule has 0 saturated carbocycles. The third kappa shape index (κ3) is 5.22. The van der Waals surface area contributed by atoms with Gasteiger partial charge in [0.05, 0.1) is 11.4 Å². The van der Waals surface area contributed by atoms with Crippen molar-refractivity contribution in [2.45, 2.75) is 26.2 Å². The fourth-order valence-corrected chi connectivity index (χ4v) is 3.48. The van der Waals surface area contributed by atoms with Crippen molar-refractivity contribution in [1.29, 1.82) is 0 Å². The van der Waals surface area contributed by atoms with Crippen LogP contribution in [0.15, 0.2) is 60.7 Å². The Bertz CT molecular complexity index is 709. The molecule has 0 atom stereocenters. The smallest absolute Gasteiger partial charge is 0.258 e.